The van der Waals surface area contributed by atoms with Crippen molar-refractivity contribution in [3.63, 3.8) is 0 Å². The Morgan fingerprint density at radius 2 is 2.10 bits per heavy atom. The van der Waals surface area contributed by atoms with Crippen LogP contribution < -0.4 is 11.1 Å². The van der Waals surface area contributed by atoms with Crippen LogP contribution in [-0.2, 0) is 9.53 Å². The minimum absolute atomic E-state index is 0.0113. The summed E-state index contributed by atoms with van der Waals surface area (Å²) in [5.41, 5.74) is 7.12. The number of anilines is 2. The molecule has 1 heterocycles. The molecule has 1 saturated heterocycles. The number of hydrogen-bond donors (Lipinski definition) is 2. The smallest absolute Gasteiger partial charge is 0.241 e. The Morgan fingerprint density at radius 1 is 1.43 bits per heavy atom. The number of amides is 1. The number of hydrogen-bond acceptors (Lipinski definition) is 4. The van der Waals surface area contributed by atoms with Crippen LogP contribution in [0.4, 0.5) is 11.4 Å². The normalized spacial score (nSPS) is 18.4. The molecule has 0 radical (unpaired) electrons. The third-order valence-corrected chi connectivity index (χ3v) is 4.02. The van der Waals surface area contributed by atoms with Gasteiger partial charge in [0.15, 0.2) is 0 Å². The van der Waals surface area contributed by atoms with Gasteiger partial charge in [0, 0.05) is 19.7 Å². The SMILES string of the molecule is CCOC1CCN(C(C)C(=O)Nc2ccccc2N)CC1. The first-order valence-electron chi connectivity index (χ1n) is 7.62. The number of nitrogens with zero attached hydrogens (tertiary/aromatic N) is 1. The Balaban J connectivity index is 1.87. The molecule has 116 valence electrons. The highest BCUT2D eigenvalue weighted by molar-refractivity contribution is 5.97. The number of carbonyl (C=O) groups is 1. The second-order valence-corrected chi connectivity index (χ2v) is 5.44. The standard InChI is InChI=1S/C16H25N3O2/c1-3-21-13-8-10-19(11-9-13)12(2)16(20)18-15-7-5-4-6-14(15)17/h4-7,12-13H,3,8-11,17H2,1-2H3,(H,18,20). The maximum absolute atomic E-state index is 12.3. The summed E-state index contributed by atoms with van der Waals surface area (Å²) < 4.78 is 5.64. The van der Waals surface area contributed by atoms with Crippen molar-refractivity contribution in [2.45, 2.75) is 38.8 Å². The van der Waals surface area contributed by atoms with E-state index < -0.39 is 0 Å². The fourth-order valence-electron chi connectivity index (χ4n) is 2.68. The van der Waals surface area contributed by atoms with Crippen molar-refractivity contribution in [3.05, 3.63) is 24.3 Å². The second kappa shape index (κ2) is 7.43. The monoisotopic (exact) mass is 291 g/mol. The van der Waals surface area contributed by atoms with Crippen molar-refractivity contribution in [2.75, 3.05) is 30.7 Å². The average molecular weight is 291 g/mol. The van der Waals surface area contributed by atoms with Gasteiger partial charge in [-0.05, 0) is 38.8 Å². The molecule has 1 aliphatic heterocycles. The first kappa shape index (κ1) is 15.8. The zero-order chi connectivity index (χ0) is 15.2. The van der Waals surface area contributed by atoms with E-state index >= 15 is 0 Å². The van der Waals surface area contributed by atoms with Gasteiger partial charge in [-0.3, -0.25) is 9.69 Å². The third-order valence-electron chi connectivity index (χ3n) is 4.02. The first-order valence-corrected chi connectivity index (χ1v) is 7.62. The van der Waals surface area contributed by atoms with Crippen molar-refractivity contribution in [3.8, 4) is 0 Å². The van der Waals surface area contributed by atoms with Crippen LogP contribution in [0.2, 0.25) is 0 Å². The number of nitrogens with two attached hydrogens (primary N) is 1. The molecule has 0 aromatic heterocycles. The van der Waals surface area contributed by atoms with E-state index in [1.807, 2.05) is 32.0 Å². The van der Waals surface area contributed by atoms with E-state index in [0.29, 0.717) is 17.5 Å². The summed E-state index contributed by atoms with van der Waals surface area (Å²) in [5.74, 6) is -0.0113. The molecule has 3 N–H and O–H groups in total. The predicted molar refractivity (Wildman–Crippen MR) is 85.2 cm³/mol. The van der Waals surface area contributed by atoms with Gasteiger partial charge in [-0.15, -0.1) is 0 Å². The van der Waals surface area contributed by atoms with Crippen LogP contribution in [0.1, 0.15) is 26.7 Å². The Bertz CT molecular complexity index is 470. The topological polar surface area (TPSA) is 67.6 Å². The lowest BCUT2D eigenvalue weighted by atomic mass is 10.1. The highest BCUT2D eigenvalue weighted by atomic mass is 16.5. The number of para-hydroxylation sites is 2. The highest BCUT2D eigenvalue weighted by Crippen LogP contribution is 2.19. The Labute approximate surface area is 126 Å². The number of piperidine rings is 1. The largest absolute Gasteiger partial charge is 0.397 e. The van der Waals surface area contributed by atoms with E-state index in [1.54, 1.807) is 6.07 Å². The lowest BCUT2D eigenvalue weighted by Crippen LogP contribution is -2.47. The number of nitrogen functional groups attached to an aromatic ring is 1. The number of likely N-dealkylation sites (tertiary alicyclic amines) is 1. The quantitative estimate of drug-likeness (QED) is 0.815. The van der Waals surface area contributed by atoms with E-state index in [2.05, 4.69) is 10.2 Å². The maximum Gasteiger partial charge on any atom is 0.241 e. The number of ether oxygens (including phenoxy) is 1. The molecule has 0 saturated carbocycles. The molecule has 21 heavy (non-hydrogen) atoms. The molecule has 0 bridgehead atoms. The molecule has 5 heteroatoms. The van der Waals surface area contributed by atoms with Crippen LogP contribution in [0.25, 0.3) is 0 Å². The fourth-order valence-corrected chi connectivity index (χ4v) is 2.68. The summed E-state index contributed by atoms with van der Waals surface area (Å²) in [6, 6.07) is 7.17. The molecule has 5 nitrogen and oxygen atoms in total. The zero-order valence-corrected chi connectivity index (χ0v) is 12.8. The zero-order valence-electron chi connectivity index (χ0n) is 12.8. The van der Waals surface area contributed by atoms with Gasteiger partial charge in [-0.2, -0.15) is 0 Å². The summed E-state index contributed by atoms with van der Waals surface area (Å²) >= 11 is 0. The summed E-state index contributed by atoms with van der Waals surface area (Å²) in [6.45, 7) is 6.50. The van der Waals surface area contributed by atoms with Gasteiger partial charge in [-0.25, -0.2) is 0 Å². The van der Waals surface area contributed by atoms with E-state index in [9.17, 15) is 4.79 Å². The molecule has 0 spiro atoms. The van der Waals surface area contributed by atoms with Crippen molar-refractivity contribution in [2.24, 2.45) is 0 Å². The Morgan fingerprint density at radius 3 is 2.71 bits per heavy atom. The maximum atomic E-state index is 12.3. The molecule has 1 aliphatic rings. The van der Waals surface area contributed by atoms with Gasteiger partial charge in [0.25, 0.3) is 0 Å². The van der Waals surface area contributed by atoms with Crippen molar-refractivity contribution < 1.29 is 9.53 Å². The van der Waals surface area contributed by atoms with Crippen molar-refractivity contribution in [1.29, 1.82) is 0 Å². The second-order valence-electron chi connectivity index (χ2n) is 5.44. The number of nitrogens with one attached hydrogen (secondary N) is 1. The van der Waals surface area contributed by atoms with Crippen molar-refractivity contribution >= 4 is 17.3 Å². The summed E-state index contributed by atoms with van der Waals surface area (Å²) in [5, 5.41) is 2.91. The number of rotatable bonds is 5. The molecular formula is C16H25N3O2. The molecule has 1 amide bonds. The minimum Gasteiger partial charge on any atom is -0.397 e. The molecule has 1 atom stereocenters. The summed E-state index contributed by atoms with van der Waals surface area (Å²) in [7, 11) is 0. The fraction of sp³-hybridized carbons (Fsp3) is 0.562. The van der Waals surface area contributed by atoms with Gasteiger partial charge in [0.2, 0.25) is 5.91 Å². The van der Waals surface area contributed by atoms with Crippen LogP contribution in [-0.4, -0.2) is 42.6 Å². The molecule has 2 rings (SSSR count). The third kappa shape index (κ3) is 4.19. The summed E-state index contributed by atoms with van der Waals surface area (Å²) in [4.78, 5) is 14.5. The van der Waals surface area contributed by atoms with Gasteiger partial charge in [-0.1, -0.05) is 12.1 Å². The number of benzene rings is 1. The molecule has 1 fully saturated rings. The van der Waals surface area contributed by atoms with Gasteiger partial charge in [0.05, 0.1) is 23.5 Å². The van der Waals surface area contributed by atoms with E-state index in [4.69, 9.17) is 10.5 Å². The van der Waals surface area contributed by atoms with E-state index in [-0.39, 0.29) is 11.9 Å². The van der Waals surface area contributed by atoms with E-state index in [0.717, 1.165) is 32.5 Å². The van der Waals surface area contributed by atoms with Gasteiger partial charge >= 0.3 is 0 Å². The van der Waals surface area contributed by atoms with E-state index in [1.165, 1.54) is 0 Å². The predicted octanol–water partition coefficient (Wildman–Crippen LogP) is 2.10. The minimum atomic E-state index is -0.160. The lowest BCUT2D eigenvalue weighted by molar-refractivity contribution is -0.121. The number of carbonyl (C=O) groups excluding carboxylic acids is 1. The highest BCUT2D eigenvalue weighted by Gasteiger charge is 2.26. The van der Waals surface area contributed by atoms with Crippen LogP contribution in [0.15, 0.2) is 24.3 Å². The van der Waals surface area contributed by atoms with Crippen molar-refractivity contribution in [1.82, 2.24) is 4.90 Å². The van der Waals surface area contributed by atoms with Gasteiger partial charge < -0.3 is 15.8 Å². The molecular weight excluding hydrogens is 266 g/mol. The molecule has 1 aromatic carbocycles. The average Bonchev–Trinajstić information content (AvgIpc) is 2.50. The molecule has 1 aromatic rings. The molecule has 1 unspecified atom stereocenters. The first-order chi connectivity index (χ1) is 10.1. The molecule has 0 aliphatic carbocycles. The van der Waals surface area contributed by atoms with Crippen LogP contribution in [0.5, 0.6) is 0 Å². The van der Waals surface area contributed by atoms with Gasteiger partial charge in [0.1, 0.15) is 0 Å². The van der Waals surface area contributed by atoms with Crippen LogP contribution >= 0.6 is 0 Å². The summed E-state index contributed by atoms with van der Waals surface area (Å²) in [6.07, 6.45) is 2.31. The lowest BCUT2D eigenvalue weighted by Gasteiger charge is -2.35. The Hall–Kier alpha value is -1.59. The Kier molecular flexibility index (Phi) is 5.59. The van der Waals surface area contributed by atoms with Crippen LogP contribution in [0.3, 0.4) is 0 Å². The van der Waals surface area contributed by atoms with Crippen LogP contribution in [0, 0.1) is 0 Å².